The Morgan fingerprint density at radius 1 is 1.30 bits per heavy atom. The summed E-state index contributed by atoms with van der Waals surface area (Å²) in [5, 5.41) is 3.17. The minimum Gasteiger partial charge on any atom is -0.334 e. The highest BCUT2D eigenvalue weighted by molar-refractivity contribution is 5.94. The maximum atomic E-state index is 12.6. The zero-order valence-electron chi connectivity index (χ0n) is 13.0. The molecule has 1 aliphatic rings. The molecular weight excluding hydrogens is 335 g/mol. The van der Waals surface area contributed by atoms with Crippen LogP contribution in [0, 0.1) is 0 Å². The normalized spacial score (nSPS) is 16.6. The van der Waals surface area contributed by atoms with Gasteiger partial charge in [0, 0.05) is 42.8 Å². The van der Waals surface area contributed by atoms with E-state index in [0.29, 0.717) is 6.04 Å². The van der Waals surface area contributed by atoms with Gasteiger partial charge in [0.1, 0.15) is 0 Å². The molecule has 1 atom stereocenters. The van der Waals surface area contributed by atoms with Crippen LogP contribution in [0.3, 0.4) is 0 Å². The highest BCUT2D eigenvalue weighted by atomic mass is 35.5. The number of hydrogen-bond donors (Lipinski definition) is 1. The molecule has 2 heterocycles. The van der Waals surface area contributed by atoms with E-state index in [1.54, 1.807) is 12.5 Å². The fourth-order valence-corrected chi connectivity index (χ4v) is 2.90. The molecule has 0 saturated carbocycles. The van der Waals surface area contributed by atoms with Crippen LogP contribution in [0.2, 0.25) is 0 Å². The standard InChI is InChI=1S/C16H20N4O.2ClH/c1-17-11-15-3-2-9-20(15)16(21)13-4-6-14(7-5-13)19-10-8-18-12-19;;/h4-8,10,12,15,17H,2-3,9,11H2,1H3;2*1H. The summed E-state index contributed by atoms with van der Waals surface area (Å²) in [7, 11) is 1.93. The summed E-state index contributed by atoms with van der Waals surface area (Å²) in [6.45, 7) is 1.72. The van der Waals surface area contributed by atoms with Gasteiger partial charge < -0.3 is 14.8 Å². The molecule has 1 saturated heterocycles. The highest BCUT2D eigenvalue weighted by Gasteiger charge is 2.28. The van der Waals surface area contributed by atoms with Crippen molar-refractivity contribution in [3.63, 3.8) is 0 Å². The molecule has 1 aliphatic heterocycles. The zero-order chi connectivity index (χ0) is 14.7. The number of nitrogens with zero attached hydrogens (tertiary/aromatic N) is 3. The largest absolute Gasteiger partial charge is 0.334 e. The first-order valence-electron chi connectivity index (χ1n) is 7.33. The Kier molecular flexibility index (Phi) is 7.55. The number of aromatic nitrogens is 2. The summed E-state index contributed by atoms with van der Waals surface area (Å²) in [6, 6.07) is 8.02. The lowest BCUT2D eigenvalue weighted by molar-refractivity contribution is 0.0737. The smallest absolute Gasteiger partial charge is 0.254 e. The lowest BCUT2D eigenvalue weighted by Gasteiger charge is -2.24. The molecule has 3 rings (SSSR count). The Morgan fingerprint density at radius 2 is 2.04 bits per heavy atom. The van der Waals surface area contributed by atoms with E-state index >= 15 is 0 Å². The number of halogens is 2. The van der Waals surface area contributed by atoms with Crippen LogP contribution >= 0.6 is 24.8 Å². The van der Waals surface area contributed by atoms with E-state index in [1.807, 2.05) is 47.0 Å². The maximum Gasteiger partial charge on any atom is 0.254 e. The van der Waals surface area contributed by atoms with Gasteiger partial charge in [-0.25, -0.2) is 4.98 Å². The number of benzene rings is 1. The number of hydrogen-bond acceptors (Lipinski definition) is 3. The zero-order valence-corrected chi connectivity index (χ0v) is 14.6. The van der Waals surface area contributed by atoms with Gasteiger partial charge in [0.25, 0.3) is 5.91 Å². The van der Waals surface area contributed by atoms with Crippen LogP contribution in [0.25, 0.3) is 5.69 Å². The molecule has 5 nitrogen and oxygen atoms in total. The van der Waals surface area contributed by atoms with Gasteiger partial charge in [-0.3, -0.25) is 4.79 Å². The molecule has 1 N–H and O–H groups in total. The van der Waals surface area contributed by atoms with Crippen molar-refractivity contribution in [2.45, 2.75) is 18.9 Å². The van der Waals surface area contributed by atoms with Gasteiger partial charge in [0.2, 0.25) is 0 Å². The first-order chi connectivity index (χ1) is 10.3. The van der Waals surface area contributed by atoms with Crippen molar-refractivity contribution in [2.75, 3.05) is 20.1 Å². The summed E-state index contributed by atoms with van der Waals surface area (Å²) in [5.74, 6) is 0.130. The van der Waals surface area contributed by atoms with Gasteiger partial charge >= 0.3 is 0 Å². The maximum absolute atomic E-state index is 12.6. The monoisotopic (exact) mass is 356 g/mol. The predicted octanol–water partition coefficient (Wildman–Crippen LogP) is 2.54. The molecular formula is C16H22Cl2N4O. The number of imidazole rings is 1. The van der Waals surface area contributed by atoms with E-state index in [4.69, 9.17) is 0 Å². The van der Waals surface area contributed by atoms with Crippen molar-refractivity contribution in [1.82, 2.24) is 19.8 Å². The minimum atomic E-state index is 0. The Bertz CT molecular complexity index is 601. The van der Waals surface area contributed by atoms with Crippen molar-refractivity contribution in [3.8, 4) is 5.69 Å². The molecule has 126 valence electrons. The van der Waals surface area contributed by atoms with Gasteiger partial charge in [0.15, 0.2) is 0 Å². The molecule has 1 unspecified atom stereocenters. The van der Waals surface area contributed by atoms with Crippen LogP contribution in [0.15, 0.2) is 43.0 Å². The van der Waals surface area contributed by atoms with Crippen molar-refractivity contribution >= 4 is 30.7 Å². The van der Waals surface area contributed by atoms with Crippen LogP contribution in [0.5, 0.6) is 0 Å². The van der Waals surface area contributed by atoms with Gasteiger partial charge in [0.05, 0.1) is 6.33 Å². The Labute approximate surface area is 148 Å². The van der Waals surface area contributed by atoms with Crippen LogP contribution in [0.4, 0.5) is 0 Å². The van der Waals surface area contributed by atoms with Crippen molar-refractivity contribution < 1.29 is 4.79 Å². The van der Waals surface area contributed by atoms with E-state index in [0.717, 1.165) is 37.2 Å². The Morgan fingerprint density at radius 3 is 2.65 bits per heavy atom. The molecule has 0 spiro atoms. The highest BCUT2D eigenvalue weighted by Crippen LogP contribution is 2.20. The van der Waals surface area contributed by atoms with E-state index < -0.39 is 0 Å². The third kappa shape index (κ3) is 4.25. The predicted molar refractivity (Wildman–Crippen MR) is 96.0 cm³/mol. The van der Waals surface area contributed by atoms with Crippen molar-refractivity contribution in [2.24, 2.45) is 0 Å². The number of likely N-dealkylation sites (N-methyl/N-ethyl adjacent to an activating group) is 1. The van der Waals surface area contributed by atoms with Crippen LogP contribution < -0.4 is 5.32 Å². The number of nitrogens with one attached hydrogen (secondary N) is 1. The number of amides is 1. The summed E-state index contributed by atoms with van der Waals surface area (Å²) < 4.78 is 1.92. The second-order valence-electron chi connectivity index (χ2n) is 5.37. The van der Waals surface area contributed by atoms with Gasteiger partial charge in [-0.2, -0.15) is 0 Å². The quantitative estimate of drug-likeness (QED) is 0.915. The van der Waals surface area contributed by atoms with E-state index in [2.05, 4.69) is 10.3 Å². The van der Waals surface area contributed by atoms with Crippen LogP contribution in [0.1, 0.15) is 23.2 Å². The average Bonchev–Trinajstić information content (AvgIpc) is 3.19. The second kappa shape index (κ2) is 8.91. The summed E-state index contributed by atoms with van der Waals surface area (Å²) in [6.07, 6.45) is 7.55. The number of likely N-dealkylation sites (tertiary alicyclic amines) is 1. The number of carbonyl (C=O) groups excluding carboxylic acids is 1. The molecule has 1 fully saturated rings. The van der Waals surface area contributed by atoms with Crippen molar-refractivity contribution in [1.29, 1.82) is 0 Å². The summed E-state index contributed by atoms with van der Waals surface area (Å²) in [5.41, 5.74) is 1.76. The van der Waals surface area contributed by atoms with E-state index in [-0.39, 0.29) is 30.7 Å². The van der Waals surface area contributed by atoms with Gasteiger partial charge in [-0.1, -0.05) is 0 Å². The SMILES string of the molecule is CNCC1CCCN1C(=O)c1ccc(-n2ccnc2)cc1.Cl.Cl. The fourth-order valence-electron chi connectivity index (χ4n) is 2.90. The molecule has 23 heavy (non-hydrogen) atoms. The lowest BCUT2D eigenvalue weighted by atomic mass is 10.1. The van der Waals surface area contributed by atoms with Gasteiger partial charge in [-0.15, -0.1) is 24.8 Å². The van der Waals surface area contributed by atoms with E-state index in [9.17, 15) is 4.79 Å². The first kappa shape index (κ1) is 19.5. The van der Waals surface area contributed by atoms with E-state index in [1.165, 1.54) is 0 Å². The molecule has 0 bridgehead atoms. The topological polar surface area (TPSA) is 50.2 Å². The number of rotatable bonds is 4. The van der Waals surface area contributed by atoms with Crippen LogP contribution in [-0.4, -0.2) is 46.5 Å². The summed E-state index contributed by atoms with van der Waals surface area (Å²) in [4.78, 5) is 18.6. The molecule has 1 amide bonds. The number of carbonyl (C=O) groups is 1. The lowest BCUT2D eigenvalue weighted by Crippen LogP contribution is -2.40. The van der Waals surface area contributed by atoms with Crippen LogP contribution in [-0.2, 0) is 0 Å². The van der Waals surface area contributed by atoms with Gasteiger partial charge in [-0.05, 0) is 44.2 Å². The van der Waals surface area contributed by atoms with Crippen molar-refractivity contribution in [3.05, 3.63) is 48.5 Å². The molecule has 7 heteroatoms. The average molecular weight is 357 g/mol. The Balaban J connectivity index is 0.00000132. The molecule has 0 aliphatic carbocycles. The molecule has 2 aromatic rings. The third-order valence-corrected chi connectivity index (χ3v) is 3.99. The second-order valence-corrected chi connectivity index (χ2v) is 5.37. The Hall–Kier alpha value is -1.56. The minimum absolute atomic E-state index is 0. The summed E-state index contributed by atoms with van der Waals surface area (Å²) >= 11 is 0. The third-order valence-electron chi connectivity index (χ3n) is 3.99. The first-order valence-corrected chi connectivity index (χ1v) is 7.33. The molecule has 1 aromatic carbocycles. The molecule has 1 aromatic heterocycles. The molecule has 0 radical (unpaired) electrons. The fraction of sp³-hybridized carbons (Fsp3) is 0.375.